The van der Waals surface area contributed by atoms with E-state index in [1.165, 1.54) is 0 Å². The minimum atomic E-state index is -0.912. The Morgan fingerprint density at radius 1 is 1.07 bits per heavy atom. The molecule has 2 atom stereocenters. The summed E-state index contributed by atoms with van der Waals surface area (Å²) >= 11 is 0. The second-order valence-corrected chi connectivity index (χ2v) is 6.87. The van der Waals surface area contributed by atoms with Crippen molar-refractivity contribution in [2.24, 2.45) is 0 Å². The monoisotopic (exact) mass is 379 g/mol. The summed E-state index contributed by atoms with van der Waals surface area (Å²) in [6.07, 6.45) is -0.284. The third kappa shape index (κ3) is 3.75. The highest BCUT2D eigenvalue weighted by Gasteiger charge is 2.32. The number of para-hydroxylation sites is 1. The lowest BCUT2D eigenvalue weighted by Gasteiger charge is -2.34. The number of hydrogen-bond acceptors (Lipinski definition) is 4. The molecule has 0 spiro atoms. The Balaban J connectivity index is 1.43. The molecule has 1 fully saturated rings. The van der Waals surface area contributed by atoms with E-state index in [9.17, 15) is 14.4 Å². The van der Waals surface area contributed by atoms with Crippen LogP contribution in [0.2, 0.25) is 0 Å². The molecule has 0 aliphatic carbocycles. The fourth-order valence-electron chi connectivity index (χ4n) is 3.50. The Bertz CT molecular complexity index is 900. The van der Waals surface area contributed by atoms with Gasteiger partial charge in [0.25, 0.3) is 5.91 Å². The van der Waals surface area contributed by atoms with Gasteiger partial charge in [-0.15, -0.1) is 0 Å². The van der Waals surface area contributed by atoms with Gasteiger partial charge in [-0.1, -0.05) is 42.5 Å². The van der Waals surface area contributed by atoms with Crippen molar-refractivity contribution in [1.29, 1.82) is 0 Å². The second kappa shape index (κ2) is 7.82. The molecule has 0 aromatic heterocycles. The lowest BCUT2D eigenvalue weighted by atomic mass is 10.1. The van der Waals surface area contributed by atoms with Crippen LogP contribution in [0.25, 0.3) is 0 Å². The molecule has 7 heteroatoms. The van der Waals surface area contributed by atoms with Gasteiger partial charge in [-0.05, 0) is 17.7 Å². The standard InChI is InChI=1S/C21H21N3O4/c25-19(24-10-11-28-18(13-24)14-6-2-1-3-7-14)12-17-21(27)22-16-9-5-4-8-15(16)20(26)23-17/h1-9,17-18H,10-13H2,(H,22,27)(H,23,26)/t17-,18+/m0/s1. The number of ether oxygens (including phenoxy) is 1. The van der Waals surface area contributed by atoms with Crippen LogP contribution in [-0.2, 0) is 14.3 Å². The van der Waals surface area contributed by atoms with Crippen LogP contribution in [0.5, 0.6) is 0 Å². The third-order valence-electron chi connectivity index (χ3n) is 5.02. The quantitative estimate of drug-likeness (QED) is 0.850. The molecule has 7 nitrogen and oxygen atoms in total. The number of anilines is 1. The average Bonchev–Trinajstić information content (AvgIpc) is 2.85. The molecule has 0 unspecified atom stereocenters. The molecule has 2 heterocycles. The summed E-state index contributed by atoms with van der Waals surface area (Å²) in [7, 11) is 0. The summed E-state index contributed by atoms with van der Waals surface area (Å²) in [6, 6.07) is 15.6. The highest BCUT2D eigenvalue weighted by molar-refractivity contribution is 6.10. The average molecular weight is 379 g/mol. The zero-order valence-corrected chi connectivity index (χ0v) is 15.3. The van der Waals surface area contributed by atoms with Gasteiger partial charge in [-0.3, -0.25) is 14.4 Å². The van der Waals surface area contributed by atoms with Crippen molar-refractivity contribution in [2.75, 3.05) is 25.0 Å². The van der Waals surface area contributed by atoms with Crippen LogP contribution in [0.1, 0.15) is 28.4 Å². The van der Waals surface area contributed by atoms with Crippen LogP contribution < -0.4 is 10.6 Å². The second-order valence-electron chi connectivity index (χ2n) is 6.87. The predicted octanol–water partition coefficient (Wildman–Crippen LogP) is 1.73. The SMILES string of the molecule is O=C1N[C@@H](CC(=O)N2CCO[C@@H](c3ccccc3)C2)C(=O)Nc2ccccc21. The van der Waals surface area contributed by atoms with Crippen LogP contribution in [0.15, 0.2) is 54.6 Å². The Hall–Kier alpha value is -3.19. The zero-order chi connectivity index (χ0) is 19.5. The number of rotatable bonds is 3. The zero-order valence-electron chi connectivity index (χ0n) is 15.3. The van der Waals surface area contributed by atoms with E-state index in [0.29, 0.717) is 30.9 Å². The lowest BCUT2D eigenvalue weighted by Crippen LogP contribution is -2.48. The van der Waals surface area contributed by atoms with E-state index in [-0.39, 0.29) is 30.2 Å². The molecule has 4 rings (SSSR count). The highest BCUT2D eigenvalue weighted by atomic mass is 16.5. The molecule has 2 aliphatic rings. The molecule has 1 saturated heterocycles. The summed E-state index contributed by atoms with van der Waals surface area (Å²) < 4.78 is 5.79. The molecular formula is C21H21N3O4. The van der Waals surface area contributed by atoms with E-state index in [1.807, 2.05) is 30.3 Å². The van der Waals surface area contributed by atoms with E-state index >= 15 is 0 Å². The van der Waals surface area contributed by atoms with Gasteiger partial charge in [0.2, 0.25) is 11.8 Å². The summed E-state index contributed by atoms with van der Waals surface area (Å²) in [4.78, 5) is 39.4. The summed E-state index contributed by atoms with van der Waals surface area (Å²) in [6.45, 7) is 1.32. The summed E-state index contributed by atoms with van der Waals surface area (Å²) in [5.74, 6) is -0.939. The van der Waals surface area contributed by atoms with Crippen LogP contribution in [0, 0.1) is 0 Å². The summed E-state index contributed by atoms with van der Waals surface area (Å²) in [5.41, 5.74) is 1.85. The first-order valence-electron chi connectivity index (χ1n) is 9.27. The topological polar surface area (TPSA) is 87.7 Å². The Labute approximate surface area is 162 Å². The van der Waals surface area contributed by atoms with E-state index in [2.05, 4.69) is 10.6 Å². The van der Waals surface area contributed by atoms with Crippen molar-refractivity contribution < 1.29 is 19.1 Å². The first kappa shape index (κ1) is 18.2. The van der Waals surface area contributed by atoms with Crippen LogP contribution in [0.3, 0.4) is 0 Å². The number of fused-ring (bicyclic) bond motifs is 1. The molecule has 28 heavy (non-hydrogen) atoms. The number of carbonyl (C=O) groups is 3. The largest absolute Gasteiger partial charge is 0.370 e. The number of morpholine rings is 1. The van der Waals surface area contributed by atoms with Crippen molar-refractivity contribution in [3.8, 4) is 0 Å². The fraction of sp³-hybridized carbons (Fsp3) is 0.286. The first-order chi connectivity index (χ1) is 13.6. The van der Waals surface area contributed by atoms with E-state index in [1.54, 1.807) is 29.2 Å². The van der Waals surface area contributed by atoms with Gasteiger partial charge in [0, 0.05) is 6.54 Å². The van der Waals surface area contributed by atoms with Crippen LogP contribution in [-0.4, -0.2) is 48.4 Å². The van der Waals surface area contributed by atoms with Gasteiger partial charge < -0.3 is 20.3 Å². The van der Waals surface area contributed by atoms with Crippen molar-refractivity contribution in [3.63, 3.8) is 0 Å². The third-order valence-corrected chi connectivity index (χ3v) is 5.02. The number of benzene rings is 2. The molecule has 0 bridgehead atoms. The van der Waals surface area contributed by atoms with Gasteiger partial charge in [0.1, 0.15) is 12.1 Å². The molecule has 0 radical (unpaired) electrons. The van der Waals surface area contributed by atoms with Crippen molar-refractivity contribution in [2.45, 2.75) is 18.6 Å². The number of nitrogens with one attached hydrogen (secondary N) is 2. The van der Waals surface area contributed by atoms with E-state index in [4.69, 9.17) is 4.74 Å². The van der Waals surface area contributed by atoms with Gasteiger partial charge in [0.05, 0.1) is 30.8 Å². The van der Waals surface area contributed by atoms with E-state index < -0.39 is 6.04 Å². The predicted molar refractivity (Wildman–Crippen MR) is 103 cm³/mol. The Morgan fingerprint density at radius 2 is 1.82 bits per heavy atom. The van der Waals surface area contributed by atoms with E-state index in [0.717, 1.165) is 5.56 Å². The normalized spacial score (nSPS) is 21.9. The Kier molecular flexibility index (Phi) is 5.08. The minimum absolute atomic E-state index is 0.0902. The van der Waals surface area contributed by atoms with Gasteiger partial charge in [0.15, 0.2) is 0 Å². The van der Waals surface area contributed by atoms with Gasteiger partial charge in [-0.2, -0.15) is 0 Å². The maximum Gasteiger partial charge on any atom is 0.254 e. The lowest BCUT2D eigenvalue weighted by molar-refractivity contribution is -0.140. The van der Waals surface area contributed by atoms with Crippen molar-refractivity contribution in [1.82, 2.24) is 10.2 Å². The van der Waals surface area contributed by atoms with Crippen molar-refractivity contribution in [3.05, 3.63) is 65.7 Å². The van der Waals surface area contributed by atoms with Crippen molar-refractivity contribution >= 4 is 23.4 Å². The summed E-state index contributed by atoms with van der Waals surface area (Å²) in [5, 5.41) is 5.40. The fourth-order valence-corrected chi connectivity index (χ4v) is 3.50. The first-order valence-corrected chi connectivity index (χ1v) is 9.27. The molecule has 0 saturated carbocycles. The maximum atomic E-state index is 12.8. The van der Waals surface area contributed by atoms with Gasteiger partial charge >= 0.3 is 0 Å². The molecule has 2 aromatic carbocycles. The molecular weight excluding hydrogens is 358 g/mol. The highest BCUT2D eigenvalue weighted by Crippen LogP contribution is 2.23. The number of hydrogen-bond donors (Lipinski definition) is 2. The molecule has 2 aliphatic heterocycles. The van der Waals surface area contributed by atoms with Gasteiger partial charge in [-0.25, -0.2) is 0 Å². The molecule has 144 valence electrons. The number of carbonyl (C=O) groups excluding carboxylic acids is 3. The molecule has 2 aromatic rings. The Morgan fingerprint density at radius 3 is 2.64 bits per heavy atom. The number of amides is 3. The van der Waals surface area contributed by atoms with Crippen LogP contribution in [0.4, 0.5) is 5.69 Å². The molecule has 3 amide bonds. The van der Waals surface area contributed by atoms with Crippen LogP contribution >= 0.6 is 0 Å². The number of nitrogens with zero attached hydrogens (tertiary/aromatic N) is 1. The minimum Gasteiger partial charge on any atom is -0.370 e. The maximum absolute atomic E-state index is 12.8. The smallest absolute Gasteiger partial charge is 0.254 e. The molecule has 2 N–H and O–H groups in total.